The molecule has 0 amide bonds. The number of hydrogen-bond donors (Lipinski definition) is 0. The van der Waals surface area contributed by atoms with E-state index in [9.17, 15) is 0 Å². The number of hydrogen-bond acceptors (Lipinski definition) is 3. The van der Waals surface area contributed by atoms with E-state index in [0.29, 0.717) is 0 Å². The van der Waals surface area contributed by atoms with E-state index in [2.05, 4.69) is 36.2 Å². The van der Waals surface area contributed by atoms with Gasteiger partial charge in [-0.25, -0.2) is 9.97 Å². The van der Waals surface area contributed by atoms with Gasteiger partial charge in [-0.05, 0) is 30.3 Å². The van der Waals surface area contributed by atoms with Crippen LogP contribution in [0.25, 0.3) is 44.1 Å². The van der Waals surface area contributed by atoms with Crippen LogP contribution in [-0.2, 0) is 6.42 Å². The predicted molar refractivity (Wildman–Crippen MR) is 102 cm³/mol. The van der Waals surface area contributed by atoms with Crippen molar-refractivity contribution in [1.82, 2.24) is 9.97 Å². The van der Waals surface area contributed by atoms with Crippen molar-refractivity contribution in [1.29, 1.82) is 0 Å². The Bertz CT molecular complexity index is 1240. The summed E-state index contributed by atoms with van der Waals surface area (Å²) < 4.78 is 5.94. The number of rotatable bonds is 2. The lowest BCUT2D eigenvalue weighted by atomic mass is 10.0. The van der Waals surface area contributed by atoms with Crippen molar-refractivity contribution >= 4 is 32.8 Å². The Morgan fingerprint density at radius 2 is 1.52 bits per heavy atom. The molecule has 3 nitrogen and oxygen atoms in total. The second kappa shape index (κ2) is 5.42. The van der Waals surface area contributed by atoms with Crippen molar-refractivity contribution in [3.8, 4) is 11.3 Å². The Morgan fingerprint density at radius 3 is 2.40 bits per heavy atom. The number of para-hydroxylation sites is 2. The fourth-order valence-electron chi connectivity index (χ4n) is 3.38. The first-order valence-electron chi connectivity index (χ1n) is 8.51. The van der Waals surface area contributed by atoms with Gasteiger partial charge in [0.2, 0.25) is 0 Å². The number of aryl methyl sites for hydroxylation is 1. The Kier molecular flexibility index (Phi) is 3.07. The second-order valence-electron chi connectivity index (χ2n) is 6.17. The van der Waals surface area contributed by atoms with Crippen LogP contribution in [0.5, 0.6) is 0 Å². The zero-order valence-electron chi connectivity index (χ0n) is 13.9. The van der Waals surface area contributed by atoms with Crippen molar-refractivity contribution in [2.75, 3.05) is 0 Å². The third kappa shape index (κ3) is 2.20. The lowest BCUT2D eigenvalue weighted by molar-refractivity contribution is 0.669. The number of fused-ring (bicyclic) bond motifs is 4. The lowest BCUT2D eigenvalue weighted by Gasteiger charge is -2.08. The lowest BCUT2D eigenvalue weighted by Crippen LogP contribution is -1.97. The molecule has 0 spiro atoms. The minimum Gasteiger partial charge on any atom is -0.456 e. The van der Waals surface area contributed by atoms with Gasteiger partial charge in [0.15, 0.2) is 0 Å². The van der Waals surface area contributed by atoms with E-state index in [1.54, 1.807) is 0 Å². The Labute approximate surface area is 144 Å². The molecule has 0 saturated heterocycles. The zero-order valence-corrected chi connectivity index (χ0v) is 13.9. The summed E-state index contributed by atoms with van der Waals surface area (Å²) in [5.74, 6) is 0.867. The van der Waals surface area contributed by atoms with Crippen molar-refractivity contribution in [2.24, 2.45) is 0 Å². The maximum atomic E-state index is 5.94. The summed E-state index contributed by atoms with van der Waals surface area (Å²) in [5.41, 5.74) is 4.87. The quantitative estimate of drug-likeness (QED) is 0.414. The molecule has 0 aliphatic carbocycles. The van der Waals surface area contributed by atoms with Crippen LogP contribution in [0, 0.1) is 0 Å². The first-order valence-corrected chi connectivity index (χ1v) is 8.51. The molecule has 0 fully saturated rings. The molecule has 0 radical (unpaired) electrons. The average molecular weight is 324 g/mol. The maximum absolute atomic E-state index is 5.94. The van der Waals surface area contributed by atoms with Gasteiger partial charge in [-0.2, -0.15) is 0 Å². The summed E-state index contributed by atoms with van der Waals surface area (Å²) in [7, 11) is 0. The largest absolute Gasteiger partial charge is 0.456 e. The van der Waals surface area contributed by atoms with Gasteiger partial charge < -0.3 is 4.42 Å². The van der Waals surface area contributed by atoms with Crippen LogP contribution in [0.4, 0.5) is 0 Å². The zero-order chi connectivity index (χ0) is 16.8. The van der Waals surface area contributed by atoms with E-state index in [4.69, 9.17) is 9.40 Å². The summed E-state index contributed by atoms with van der Waals surface area (Å²) in [6, 6.07) is 22.6. The number of furan rings is 1. The first-order chi connectivity index (χ1) is 12.3. The monoisotopic (exact) mass is 324 g/mol. The van der Waals surface area contributed by atoms with Gasteiger partial charge in [0, 0.05) is 28.1 Å². The van der Waals surface area contributed by atoms with Gasteiger partial charge >= 0.3 is 0 Å². The minimum atomic E-state index is 0.814. The molecule has 0 N–H and O–H groups in total. The number of aromatic nitrogens is 2. The molecule has 5 rings (SSSR count). The van der Waals surface area contributed by atoms with E-state index < -0.39 is 0 Å². The van der Waals surface area contributed by atoms with Crippen LogP contribution < -0.4 is 0 Å². The van der Waals surface area contributed by atoms with Gasteiger partial charge in [-0.15, -0.1) is 0 Å². The van der Waals surface area contributed by atoms with Crippen LogP contribution >= 0.6 is 0 Å². The summed E-state index contributed by atoms with van der Waals surface area (Å²) in [6.07, 6.45) is 0.814. The van der Waals surface area contributed by atoms with Crippen molar-refractivity contribution in [2.45, 2.75) is 13.3 Å². The topological polar surface area (TPSA) is 38.9 Å². The average Bonchev–Trinajstić information content (AvgIpc) is 3.05. The summed E-state index contributed by atoms with van der Waals surface area (Å²) in [6.45, 7) is 2.08. The molecule has 0 unspecified atom stereocenters. The molecular weight excluding hydrogens is 308 g/mol. The van der Waals surface area contributed by atoms with Crippen LogP contribution in [0.15, 0.2) is 71.1 Å². The molecule has 3 aromatic carbocycles. The van der Waals surface area contributed by atoms with Crippen LogP contribution in [0.1, 0.15) is 12.7 Å². The Balaban J connectivity index is 1.83. The summed E-state index contributed by atoms with van der Waals surface area (Å²) >= 11 is 0. The molecule has 0 aliphatic rings. The molecule has 0 saturated carbocycles. The molecule has 3 heteroatoms. The first kappa shape index (κ1) is 14.2. The SMILES string of the molecule is CCc1nc(-c2ccc3oc4ccccc4c3c2)c2ccccc2n1. The Morgan fingerprint density at radius 1 is 0.760 bits per heavy atom. The minimum absolute atomic E-state index is 0.814. The fraction of sp³-hybridized carbons (Fsp3) is 0.0909. The highest BCUT2D eigenvalue weighted by molar-refractivity contribution is 6.07. The van der Waals surface area contributed by atoms with Crippen molar-refractivity contribution in [3.63, 3.8) is 0 Å². The van der Waals surface area contributed by atoms with Gasteiger partial charge in [-0.1, -0.05) is 43.3 Å². The Hall–Kier alpha value is -3.20. The van der Waals surface area contributed by atoms with E-state index in [-0.39, 0.29) is 0 Å². The van der Waals surface area contributed by atoms with E-state index in [0.717, 1.165) is 56.3 Å². The van der Waals surface area contributed by atoms with Gasteiger partial charge in [0.25, 0.3) is 0 Å². The summed E-state index contributed by atoms with van der Waals surface area (Å²) in [5, 5.41) is 3.33. The van der Waals surface area contributed by atoms with Crippen LogP contribution in [0.3, 0.4) is 0 Å². The highest BCUT2D eigenvalue weighted by Gasteiger charge is 2.12. The van der Waals surface area contributed by atoms with Crippen molar-refractivity contribution in [3.05, 3.63) is 72.6 Å². The van der Waals surface area contributed by atoms with Gasteiger partial charge in [0.1, 0.15) is 17.0 Å². The third-order valence-corrected chi connectivity index (χ3v) is 4.62. The molecule has 0 bridgehead atoms. The molecule has 2 heterocycles. The van der Waals surface area contributed by atoms with Crippen LogP contribution in [0.2, 0.25) is 0 Å². The highest BCUT2D eigenvalue weighted by Crippen LogP contribution is 2.33. The fourth-order valence-corrected chi connectivity index (χ4v) is 3.38. The van der Waals surface area contributed by atoms with Crippen LogP contribution in [-0.4, -0.2) is 9.97 Å². The maximum Gasteiger partial charge on any atom is 0.135 e. The summed E-state index contributed by atoms with van der Waals surface area (Å²) in [4.78, 5) is 9.47. The standard InChI is InChI=1S/C22H16N2O/c1-2-21-23-18-9-5-3-8-16(18)22(24-21)14-11-12-20-17(13-14)15-7-4-6-10-19(15)25-20/h3-13H,2H2,1H3. The molecule has 5 aromatic rings. The normalized spacial score (nSPS) is 11.6. The van der Waals surface area contributed by atoms with E-state index in [1.165, 1.54) is 0 Å². The molecule has 2 aromatic heterocycles. The number of nitrogens with zero attached hydrogens (tertiary/aromatic N) is 2. The molecule has 25 heavy (non-hydrogen) atoms. The molecule has 0 atom stereocenters. The smallest absolute Gasteiger partial charge is 0.135 e. The van der Waals surface area contributed by atoms with E-state index in [1.807, 2.05) is 42.5 Å². The molecule has 0 aliphatic heterocycles. The third-order valence-electron chi connectivity index (χ3n) is 4.62. The van der Waals surface area contributed by atoms with Gasteiger partial charge in [-0.3, -0.25) is 0 Å². The molecular formula is C22H16N2O. The highest BCUT2D eigenvalue weighted by atomic mass is 16.3. The van der Waals surface area contributed by atoms with Crippen molar-refractivity contribution < 1.29 is 4.42 Å². The second-order valence-corrected chi connectivity index (χ2v) is 6.17. The van der Waals surface area contributed by atoms with Gasteiger partial charge in [0.05, 0.1) is 11.2 Å². The predicted octanol–water partition coefficient (Wildman–Crippen LogP) is 5.76. The number of benzene rings is 3. The van der Waals surface area contributed by atoms with E-state index >= 15 is 0 Å². The molecule has 120 valence electrons.